The number of nitrogens with zero attached hydrogens (tertiary/aromatic N) is 1. The molecule has 0 aliphatic rings. The average Bonchev–Trinajstić information content (AvgIpc) is 2.75. The van der Waals surface area contributed by atoms with Crippen molar-refractivity contribution in [2.24, 2.45) is 0 Å². The minimum absolute atomic E-state index is 0.0552. The molecule has 100 valence electrons. The summed E-state index contributed by atoms with van der Waals surface area (Å²) < 4.78 is 2.22. The highest BCUT2D eigenvalue weighted by Crippen LogP contribution is 2.24. The van der Waals surface area contributed by atoms with Gasteiger partial charge in [0.15, 0.2) is 0 Å². The second kappa shape index (κ2) is 4.85. The van der Waals surface area contributed by atoms with Crippen molar-refractivity contribution >= 4 is 22.5 Å². The molecule has 0 spiro atoms. The molecule has 2 aromatic carbocycles. The van der Waals surface area contributed by atoms with Crippen LogP contribution in [0.2, 0.25) is 0 Å². The van der Waals surface area contributed by atoms with Gasteiger partial charge in [-0.2, -0.15) is 0 Å². The molecule has 0 saturated heterocycles. The van der Waals surface area contributed by atoms with Crippen LogP contribution in [-0.2, 0) is 4.79 Å². The number of aryl methyl sites for hydroxylation is 1. The molecule has 1 amide bonds. The summed E-state index contributed by atoms with van der Waals surface area (Å²) in [7, 11) is 0. The number of para-hydroxylation sites is 1. The monoisotopic (exact) mass is 264 g/mol. The standard InChI is InChI=1S/C17H16N2O/c1-12-11-14-5-3-4-6-17(14)19(12)16-9-7-15(8-10-16)18-13(2)20/h3-11H,1-2H3,(H,18,20). The van der Waals surface area contributed by atoms with Gasteiger partial charge < -0.3 is 9.88 Å². The molecular weight excluding hydrogens is 248 g/mol. The summed E-state index contributed by atoms with van der Waals surface area (Å²) in [5.41, 5.74) is 4.30. The van der Waals surface area contributed by atoms with Crippen molar-refractivity contribution in [3.8, 4) is 5.69 Å². The van der Waals surface area contributed by atoms with Crippen molar-refractivity contribution in [3.63, 3.8) is 0 Å². The van der Waals surface area contributed by atoms with Crippen LogP contribution in [0.4, 0.5) is 5.69 Å². The Kier molecular flexibility index (Phi) is 3.03. The van der Waals surface area contributed by atoms with E-state index in [1.807, 2.05) is 36.4 Å². The maximum atomic E-state index is 11.0. The van der Waals surface area contributed by atoms with Gasteiger partial charge in [-0.05, 0) is 43.3 Å². The SMILES string of the molecule is CC(=O)Nc1ccc(-n2c(C)cc3ccccc32)cc1. The highest BCUT2D eigenvalue weighted by Gasteiger charge is 2.07. The first-order chi connectivity index (χ1) is 9.65. The first kappa shape index (κ1) is 12.5. The minimum Gasteiger partial charge on any atom is -0.326 e. The lowest BCUT2D eigenvalue weighted by Gasteiger charge is -2.09. The van der Waals surface area contributed by atoms with Crippen molar-refractivity contribution in [1.29, 1.82) is 0 Å². The molecule has 0 unspecified atom stereocenters. The average molecular weight is 264 g/mol. The van der Waals surface area contributed by atoms with E-state index in [4.69, 9.17) is 0 Å². The molecule has 0 fully saturated rings. The second-order valence-corrected chi connectivity index (χ2v) is 4.91. The van der Waals surface area contributed by atoms with E-state index in [0.717, 1.165) is 11.4 Å². The number of anilines is 1. The number of amides is 1. The lowest BCUT2D eigenvalue weighted by atomic mass is 10.2. The predicted molar refractivity (Wildman–Crippen MR) is 82.3 cm³/mol. The Morgan fingerprint density at radius 2 is 1.75 bits per heavy atom. The summed E-state index contributed by atoms with van der Waals surface area (Å²) in [6.45, 7) is 3.61. The molecule has 1 aromatic heterocycles. The second-order valence-electron chi connectivity index (χ2n) is 4.91. The zero-order valence-electron chi connectivity index (χ0n) is 11.6. The van der Waals surface area contributed by atoms with Crippen molar-refractivity contribution in [2.45, 2.75) is 13.8 Å². The van der Waals surface area contributed by atoms with Gasteiger partial charge in [-0.25, -0.2) is 0 Å². The molecule has 1 N–H and O–H groups in total. The van der Waals surface area contributed by atoms with Gasteiger partial charge in [0.1, 0.15) is 0 Å². The van der Waals surface area contributed by atoms with Crippen LogP contribution in [0.5, 0.6) is 0 Å². The number of fused-ring (bicyclic) bond motifs is 1. The van der Waals surface area contributed by atoms with Gasteiger partial charge in [-0.3, -0.25) is 4.79 Å². The third-order valence-corrected chi connectivity index (χ3v) is 3.34. The fourth-order valence-corrected chi connectivity index (χ4v) is 2.53. The van der Waals surface area contributed by atoms with E-state index in [2.05, 4.69) is 35.0 Å². The summed E-state index contributed by atoms with van der Waals surface area (Å²) in [6.07, 6.45) is 0. The highest BCUT2D eigenvalue weighted by molar-refractivity contribution is 5.89. The van der Waals surface area contributed by atoms with Crippen molar-refractivity contribution in [2.75, 3.05) is 5.32 Å². The fraction of sp³-hybridized carbons (Fsp3) is 0.118. The van der Waals surface area contributed by atoms with Gasteiger partial charge in [0, 0.05) is 29.4 Å². The first-order valence-corrected chi connectivity index (χ1v) is 6.60. The van der Waals surface area contributed by atoms with Crippen LogP contribution in [-0.4, -0.2) is 10.5 Å². The number of nitrogens with one attached hydrogen (secondary N) is 1. The molecule has 3 rings (SSSR count). The summed E-state index contributed by atoms with van der Waals surface area (Å²) in [5, 5.41) is 4.01. The normalized spacial score (nSPS) is 10.7. The van der Waals surface area contributed by atoms with Crippen molar-refractivity contribution in [1.82, 2.24) is 4.57 Å². The zero-order valence-corrected chi connectivity index (χ0v) is 11.6. The van der Waals surface area contributed by atoms with E-state index in [0.29, 0.717) is 0 Å². The quantitative estimate of drug-likeness (QED) is 0.748. The smallest absolute Gasteiger partial charge is 0.221 e. The van der Waals surface area contributed by atoms with Crippen LogP contribution in [0.25, 0.3) is 16.6 Å². The maximum absolute atomic E-state index is 11.0. The fourth-order valence-electron chi connectivity index (χ4n) is 2.53. The lowest BCUT2D eigenvalue weighted by Crippen LogP contribution is -2.05. The number of carbonyl (C=O) groups is 1. The molecule has 20 heavy (non-hydrogen) atoms. The minimum atomic E-state index is -0.0552. The molecule has 3 nitrogen and oxygen atoms in total. The number of rotatable bonds is 2. The largest absolute Gasteiger partial charge is 0.326 e. The first-order valence-electron chi connectivity index (χ1n) is 6.60. The molecular formula is C17H16N2O. The van der Waals surface area contributed by atoms with Crippen molar-refractivity contribution in [3.05, 3.63) is 60.3 Å². The number of hydrogen-bond donors (Lipinski definition) is 1. The summed E-state index contributed by atoms with van der Waals surface area (Å²) in [4.78, 5) is 11.0. The van der Waals surface area contributed by atoms with Crippen LogP contribution in [0.15, 0.2) is 54.6 Å². The zero-order chi connectivity index (χ0) is 14.1. The summed E-state index contributed by atoms with van der Waals surface area (Å²) >= 11 is 0. The molecule has 0 saturated carbocycles. The topological polar surface area (TPSA) is 34.0 Å². The molecule has 3 aromatic rings. The molecule has 3 heteroatoms. The van der Waals surface area contributed by atoms with Crippen LogP contribution in [0.3, 0.4) is 0 Å². The molecule has 0 bridgehead atoms. The van der Waals surface area contributed by atoms with E-state index in [1.54, 1.807) is 0 Å². The van der Waals surface area contributed by atoms with Crippen LogP contribution >= 0.6 is 0 Å². The molecule has 0 aliphatic carbocycles. The highest BCUT2D eigenvalue weighted by atomic mass is 16.1. The third-order valence-electron chi connectivity index (χ3n) is 3.34. The Bertz CT molecular complexity index is 769. The van der Waals surface area contributed by atoms with Gasteiger partial charge >= 0.3 is 0 Å². The Balaban J connectivity index is 2.07. The number of hydrogen-bond acceptors (Lipinski definition) is 1. The van der Waals surface area contributed by atoms with Gasteiger partial charge in [-0.1, -0.05) is 18.2 Å². The third kappa shape index (κ3) is 2.18. The number of carbonyl (C=O) groups excluding carboxylic acids is 1. The summed E-state index contributed by atoms with van der Waals surface area (Å²) in [5.74, 6) is -0.0552. The van der Waals surface area contributed by atoms with E-state index >= 15 is 0 Å². The van der Waals surface area contributed by atoms with E-state index in [1.165, 1.54) is 23.5 Å². The summed E-state index contributed by atoms with van der Waals surface area (Å²) in [6, 6.07) is 18.4. The molecule has 0 atom stereocenters. The Morgan fingerprint density at radius 3 is 2.45 bits per heavy atom. The van der Waals surface area contributed by atoms with E-state index in [9.17, 15) is 4.79 Å². The van der Waals surface area contributed by atoms with Gasteiger partial charge in [-0.15, -0.1) is 0 Å². The lowest BCUT2D eigenvalue weighted by molar-refractivity contribution is -0.114. The Hall–Kier alpha value is -2.55. The van der Waals surface area contributed by atoms with Crippen LogP contribution < -0.4 is 5.32 Å². The Labute approximate surface area is 117 Å². The number of aromatic nitrogens is 1. The van der Waals surface area contributed by atoms with Gasteiger partial charge in [0.2, 0.25) is 5.91 Å². The Morgan fingerprint density at radius 1 is 1.05 bits per heavy atom. The molecule has 1 heterocycles. The maximum Gasteiger partial charge on any atom is 0.221 e. The molecule has 0 aliphatic heterocycles. The van der Waals surface area contributed by atoms with Gasteiger partial charge in [0.25, 0.3) is 0 Å². The number of benzene rings is 2. The van der Waals surface area contributed by atoms with Gasteiger partial charge in [0.05, 0.1) is 5.52 Å². The van der Waals surface area contributed by atoms with Crippen molar-refractivity contribution < 1.29 is 4.79 Å². The van der Waals surface area contributed by atoms with E-state index < -0.39 is 0 Å². The van der Waals surface area contributed by atoms with Crippen LogP contribution in [0.1, 0.15) is 12.6 Å². The van der Waals surface area contributed by atoms with E-state index in [-0.39, 0.29) is 5.91 Å². The predicted octanol–water partition coefficient (Wildman–Crippen LogP) is 3.90. The molecule has 0 radical (unpaired) electrons. The van der Waals surface area contributed by atoms with Crippen LogP contribution in [0, 0.1) is 6.92 Å².